The predicted molar refractivity (Wildman–Crippen MR) is 108 cm³/mol. The fourth-order valence-corrected chi connectivity index (χ4v) is 4.26. The number of rotatable bonds is 5. The summed E-state index contributed by atoms with van der Waals surface area (Å²) in [4.78, 5) is 18.1. The Morgan fingerprint density at radius 2 is 1.93 bits per heavy atom. The number of nitrogens with zero attached hydrogens (tertiary/aromatic N) is 2. The van der Waals surface area contributed by atoms with Crippen molar-refractivity contribution in [2.24, 2.45) is 0 Å². The van der Waals surface area contributed by atoms with Crippen LogP contribution < -0.4 is 20.1 Å². The highest BCUT2D eigenvalue weighted by Crippen LogP contribution is 2.42. The van der Waals surface area contributed by atoms with Gasteiger partial charge in [-0.2, -0.15) is 4.98 Å². The Labute approximate surface area is 171 Å². The van der Waals surface area contributed by atoms with Crippen molar-refractivity contribution in [3.63, 3.8) is 0 Å². The predicted octanol–water partition coefficient (Wildman–Crippen LogP) is 3.84. The molecule has 9 nitrogen and oxygen atoms in total. The fourth-order valence-electron chi connectivity index (χ4n) is 3.09. The summed E-state index contributed by atoms with van der Waals surface area (Å²) < 4.78 is 21.4. The van der Waals surface area contributed by atoms with Crippen molar-refractivity contribution in [2.75, 3.05) is 31.5 Å². The van der Waals surface area contributed by atoms with Crippen LogP contribution in [0.2, 0.25) is 0 Å². The van der Waals surface area contributed by atoms with Crippen molar-refractivity contribution in [3.05, 3.63) is 34.5 Å². The maximum absolute atomic E-state index is 12.7. The second-order valence-electron chi connectivity index (χ2n) is 6.34. The van der Waals surface area contributed by atoms with E-state index in [2.05, 4.69) is 20.8 Å². The minimum Gasteiger partial charge on any atom is -0.497 e. The van der Waals surface area contributed by atoms with Crippen molar-refractivity contribution >= 4 is 28.1 Å². The van der Waals surface area contributed by atoms with E-state index >= 15 is 0 Å². The van der Waals surface area contributed by atoms with E-state index in [9.17, 15) is 4.79 Å². The molecule has 0 unspecified atom stereocenters. The number of carbonyl (C=O) groups excluding carboxylic acids is 1. The van der Waals surface area contributed by atoms with Crippen molar-refractivity contribution < 1.29 is 23.5 Å². The third kappa shape index (κ3) is 4.03. The van der Waals surface area contributed by atoms with Crippen molar-refractivity contribution in [2.45, 2.75) is 20.0 Å². The quantitative estimate of drug-likeness (QED) is 0.650. The topological polar surface area (TPSA) is 108 Å². The zero-order chi connectivity index (χ0) is 20.4. The van der Waals surface area contributed by atoms with Gasteiger partial charge in [0.05, 0.1) is 33.0 Å². The number of anilines is 2. The van der Waals surface area contributed by atoms with E-state index in [1.165, 1.54) is 11.3 Å². The molecule has 0 atom stereocenters. The van der Waals surface area contributed by atoms with Gasteiger partial charge < -0.3 is 24.1 Å². The molecule has 4 rings (SSSR count). The van der Waals surface area contributed by atoms with Crippen LogP contribution in [0.4, 0.5) is 15.5 Å². The lowest BCUT2D eigenvalue weighted by molar-refractivity contribution is 0.113. The summed E-state index contributed by atoms with van der Waals surface area (Å²) in [5, 5.41) is 10.2. The van der Waals surface area contributed by atoms with E-state index in [1.807, 2.05) is 0 Å². The number of carbonyl (C=O) groups is 1. The molecule has 0 aliphatic carbocycles. The molecular weight excluding hydrogens is 396 g/mol. The van der Waals surface area contributed by atoms with Gasteiger partial charge in [-0.3, -0.25) is 5.32 Å². The number of hydrogen-bond donors (Lipinski definition) is 2. The smallest absolute Gasteiger partial charge is 0.324 e. The van der Waals surface area contributed by atoms with Crippen molar-refractivity contribution in [1.82, 2.24) is 10.1 Å². The van der Waals surface area contributed by atoms with Gasteiger partial charge in [-0.25, -0.2) is 4.79 Å². The lowest BCUT2D eigenvalue weighted by Crippen LogP contribution is -2.19. The van der Waals surface area contributed by atoms with Gasteiger partial charge in [0.15, 0.2) is 5.82 Å². The molecule has 1 aromatic carbocycles. The van der Waals surface area contributed by atoms with Crippen LogP contribution >= 0.6 is 11.3 Å². The molecule has 3 heterocycles. The first-order valence-corrected chi connectivity index (χ1v) is 9.73. The van der Waals surface area contributed by atoms with E-state index in [0.29, 0.717) is 47.1 Å². The molecule has 0 saturated heterocycles. The van der Waals surface area contributed by atoms with E-state index in [1.54, 1.807) is 39.3 Å². The first kappa shape index (κ1) is 19.2. The van der Waals surface area contributed by atoms with Crippen LogP contribution in [-0.4, -0.2) is 37.0 Å². The molecule has 3 aromatic rings. The third-order valence-corrected chi connectivity index (χ3v) is 5.52. The van der Waals surface area contributed by atoms with Crippen molar-refractivity contribution in [3.8, 4) is 23.0 Å². The summed E-state index contributed by atoms with van der Waals surface area (Å²) in [7, 11) is 3.10. The van der Waals surface area contributed by atoms with Crippen LogP contribution in [-0.2, 0) is 17.8 Å². The molecule has 0 radical (unpaired) electrons. The molecule has 10 heteroatoms. The molecular formula is C19H20N4O5S. The SMILES string of the molecule is COc1cc(NC(=O)Nc2sc3c(c2-c2nc(C)no2)CCOC3)cc(OC)c1. The Kier molecular flexibility index (Phi) is 5.36. The normalized spacial score (nSPS) is 12.9. The minimum absolute atomic E-state index is 0.389. The van der Waals surface area contributed by atoms with Crippen LogP contribution in [0, 0.1) is 6.92 Å². The first-order chi connectivity index (χ1) is 14.1. The molecule has 152 valence electrons. The number of aromatic nitrogens is 2. The lowest BCUT2D eigenvalue weighted by atomic mass is 10.1. The summed E-state index contributed by atoms with van der Waals surface area (Å²) in [5.41, 5.74) is 2.37. The zero-order valence-corrected chi connectivity index (χ0v) is 17.0. The number of urea groups is 1. The summed E-state index contributed by atoms with van der Waals surface area (Å²) in [6, 6.07) is 4.74. The number of aryl methyl sites for hydroxylation is 1. The Hall–Kier alpha value is -3.11. The van der Waals surface area contributed by atoms with Crippen molar-refractivity contribution in [1.29, 1.82) is 0 Å². The Morgan fingerprint density at radius 1 is 1.17 bits per heavy atom. The third-order valence-electron chi connectivity index (χ3n) is 4.40. The molecule has 1 aliphatic heterocycles. The van der Waals surface area contributed by atoms with Gasteiger partial charge >= 0.3 is 6.03 Å². The van der Waals surface area contributed by atoms with E-state index in [4.69, 9.17) is 18.7 Å². The monoisotopic (exact) mass is 416 g/mol. The zero-order valence-electron chi connectivity index (χ0n) is 16.2. The highest BCUT2D eigenvalue weighted by molar-refractivity contribution is 7.17. The van der Waals surface area contributed by atoms with Gasteiger partial charge in [0.1, 0.15) is 16.5 Å². The average molecular weight is 416 g/mol. The van der Waals surface area contributed by atoms with Crippen LogP contribution in [0.3, 0.4) is 0 Å². The number of methoxy groups -OCH3 is 2. The Balaban J connectivity index is 1.61. The molecule has 0 bridgehead atoms. The summed E-state index contributed by atoms with van der Waals surface area (Å²) >= 11 is 1.45. The summed E-state index contributed by atoms with van der Waals surface area (Å²) in [6.07, 6.45) is 0.721. The van der Waals surface area contributed by atoms with Crippen LogP contribution in [0.5, 0.6) is 11.5 Å². The average Bonchev–Trinajstić information content (AvgIpc) is 3.29. The number of fused-ring (bicyclic) bond motifs is 1. The minimum atomic E-state index is -0.405. The molecule has 29 heavy (non-hydrogen) atoms. The first-order valence-electron chi connectivity index (χ1n) is 8.91. The Bertz CT molecular complexity index is 1020. The van der Waals surface area contributed by atoms with Gasteiger partial charge in [-0.1, -0.05) is 5.16 Å². The number of amides is 2. The lowest BCUT2D eigenvalue weighted by Gasteiger charge is -2.12. The number of nitrogens with one attached hydrogen (secondary N) is 2. The number of thiophene rings is 1. The van der Waals surface area contributed by atoms with Gasteiger partial charge in [-0.05, 0) is 18.9 Å². The number of ether oxygens (including phenoxy) is 3. The second-order valence-corrected chi connectivity index (χ2v) is 7.44. The van der Waals surface area contributed by atoms with Crippen LogP contribution in [0.15, 0.2) is 22.7 Å². The molecule has 2 N–H and O–H groups in total. The second kappa shape index (κ2) is 8.10. The molecule has 0 fully saturated rings. The molecule has 2 aromatic heterocycles. The van der Waals surface area contributed by atoms with Gasteiger partial charge in [-0.15, -0.1) is 11.3 Å². The molecule has 0 spiro atoms. The maximum atomic E-state index is 12.7. The maximum Gasteiger partial charge on any atom is 0.324 e. The highest BCUT2D eigenvalue weighted by Gasteiger charge is 2.26. The number of benzene rings is 1. The Morgan fingerprint density at radius 3 is 2.59 bits per heavy atom. The largest absolute Gasteiger partial charge is 0.497 e. The standard InChI is InChI=1S/C19H20N4O5S/c1-10-20-17(28-23-10)16-14-4-5-27-9-15(14)29-18(16)22-19(24)21-11-6-12(25-2)8-13(7-11)26-3/h6-8H,4-5,9H2,1-3H3,(H2,21,22,24). The van der Waals surface area contributed by atoms with Gasteiger partial charge in [0, 0.05) is 28.8 Å². The van der Waals surface area contributed by atoms with E-state index < -0.39 is 6.03 Å². The molecule has 0 saturated carbocycles. The fraction of sp³-hybridized carbons (Fsp3) is 0.316. The van der Waals surface area contributed by atoms with Gasteiger partial charge in [0.25, 0.3) is 5.89 Å². The molecule has 1 aliphatic rings. The van der Waals surface area contributed by atoms with Crippen LogP contribution in [0.1, 0.15) is 16.3 Å². The van der Waals surface area contributed by atoms with Gasteiger partial charge in [0.2, 0.25) is 0 Å². The molecule has 2 amide bonds. The summed E-state index contributed by atoms with van der Waals surface area (Å²) in [5.74, 6) is 2.07. The van der Waals surface area contributed by atoms with E-state index in [0.717, 1.165) is 22.4 Å². The van der Waals surface area contributed by atoms with Crippen LogP contribution in [0.25, 0.3) is 11.5 Å². The summed E-state index contributed by atoms with van der Waals surface area (Å²) in [6.45, 7) is 2.86. The number of hydrogen-bond acceptors (Lipinski definition) is 8. The highest BCUT2D eigenvalue weighted by atomic mass is 32.1. The van der Waals surface area contributed by atoms with E-state index in [-0.39, 0.29) is 0 Å².